The summed E-state index contributed by atoms with van der Waals surface area (Å²) in [6, 6.07) is 3.49. The minimum Gasteiger partial charge on any atom is -0.373 e. The van der Waals surface area contributed by atoms with Crippen molar-refractivity contribution >= 4 is 11.7 Å². The van der Waals surface area contributed by atoms with Gasteiger partial charge in [0, 0.05) is 32.4 Å². The van der Waals surface area contributed by atoms with Gasteiger partial charge in [-0.15, -0.1) is 0 Å². The Kier molecular flexibility index (Phi) is 4.09. The molecule has 15 heavy (non-hydrogen) atoms. The number of rotatable bonds is 4. The largest absolute Gasteiger partial charge is 0.373 e. The lowest BCUT2D eigenvalue weighted by molar-refractivity contribution is 0.0795. The van der Waals surface area contributed by atoms with Crippen LogP contribution >= 0.6 is 0 Å². The van der Waals surface area contributed by atoms with Crippen LogP contribution in [0, 0.1) is 0 Å². The van der Waals surface area contributed by atoms with Gasteiger partial charge in [0.2, 0.25) is 0 Å². The Morgan fingerprint density at radius 1 is 1.60 bits per heavy atom. The van der Waals surface area contributed by atoms with Gasteiger partial charge in [-0.05, 0) is 18.6 Å². The van der Waals surface area contributed by atoms with Gasteiger partial charge in [-0.25, -0.2) is 4.98 Å². The average molecular weight is 207 g/mol. The van der Waals surface area contributed by atoms with E-state index in [1.807, 2.05) is 7.05 Å². The van der Waals surface area contributed by atoms with Crippen LogP contribution in [0.25, 0.3) is 0 Å². The molecule has 1 aromatic rings. The molecule has 0 bridgehead atoms. The van der Waals surface area contributed by atoms with Crippen molar-refractivity contribution in [3.63, 3.8) is 0 Å². The second kappa shape index (κ2) is 5.34. The zero-order valence-corrected chi connectivity index (χ0v) is 9.45. The molecule has 1 heterocycles. The number of nitrogens with zero attached hydrogens (tertiary/aromatic N) is 2. The monoisotopic (exact) mass is 207 g/mol. The van der Waals surface area contributed by atoms with Crippen LogP contribution in [0.2, 0.25) is 0 Å². The molecule has 0 aliphatic heterocycles. The number of carbonyl (C=O) groups is 1. The van der Waals surface area contributed by atoms with E-state index < -0.39 is 0 Å². The molecule has 0 aliphatic carbocycles. The average Bonchev–Trinajstić information content (AvgIpc) is 2.28. The Balaban J connectivity index is 2.81. The van der Waals surface area contributed by atoms with Gasteiger partial charge in [-0.1, -0.05) is 6.92 Å². The van der Waals surface area contributed by atoms with E-state index in [1.165, 1.54) is 0 Å². The highest BCUT2D eigenvalue weighted by atomic mass is 16.2. The molecule has 82 valence electrons. The van der Waals surface area contributed by atoms with Crippen LogP contribution in [0.3, 0.4) is 0 Å². The van der Waals surface area contributed by atoms with Crippen LogP contribution in [0.1, 0.15) is 23.7 Å². The van der Waals surface area contributed by atoms with Crippen molar-refractivity contribution in [1.82, 2.24) is 9.88 Å². The predicted molar refractivity (Wildman–Crippen MR) is 61.0 cm³/mol. The van der Waals surface area contributed by atoms with Crippen molar-refractivity contribution in [1.29, 1.82) is 0 Å². The Hall–Kier alpha value is -1.58. The van der Waals surface area contributed by atoms with E-state index in [1.54, 1.807) is 30.3 Å². The standard InChI is InChI=1S/C11H17N3O/c1-4-7-14(3)11(15)9-5-6-13-10(8-9)12-2/h5-6,8H,4,7H2,1-3H3,(H,12,13). The van der Waals surface area contributed by atoms with E-state index in [9.17, 15) is 4.79 Å². The van der Waals surface area contributed by atoms with Crippen molar-refractivity contribution in [3.8, 4) is 0 Å². The second-order valence-corrected chi connectivity index (χ2v) is 3.41. The number of anilines is 1. The highest BCUT2D eigenvalue weighted by molar-refractivity contribution is 5.94. The summed E-state index contributed by atoms with van der Waals surface area (Å²) in [6.07, 6.45) is 2.60. The third kappa shape index (κ3) is 2.94. The summed E-state index contributed by atoms with van der Waals surface area (Å²) in [7, 11) is 3.59. The van der Waals surface area contributed by atoms with Crippen LogP contribution in [0.15, 0.2) is 18.3 Å². The lowest BCUT2D eigenvalue weighted by Gasteiger charge is -2.16. The Morgan fingerprint density at radius 2 is 2.33 bits per heavy atom. The molecule has 0 radical (unpaired) electrons. The normalized spacial score (nSPS) is 9.80. The number of nitrogens with one attached hydrogen (secondary N) is 1. The van der Waals surface area contributed by atoms with Gasteiger partial charge in [0.05, 0.1) is 0 Å². The molecule has 0 aliphatic rings. The fourth-order valence-electron chi connectivity index (χ4n) is 1.36. The minimum absolute atomic E-state index is 0.0377. The van der Waals surface area contributed by atoms with Crippen LogP contribution in [0.5, 0.6) is 0 Å². The summed E-state index contributed by atoms with van der Waals surface area (Å²) in [5.41, 5.74) is 0.672. The van der Waals surface area contributed by atoms with E-state index >= 15 is 0 Å². The topological polar surface area (TPSA) is 45.2 Å². The number of aromatic nitrogens is 1. The molecule has 0 saturated heterocycles. The molecule has 1 aromatic heterocycles. The van der Waals surface area contributed by atoms with E-state index in [0.29, 0.717) is 11.4 Å². The third-order valence-electron chi connectivity index (χ3n) is 2.17. The molecule has 4 nitrogen and oxygen atoms in total. The van der Waals surface area contributed by atoms with E-state index in [-0.39, 0.29) is 5.91 Å². The molecular weight excluding hydrogens is 190 g/mol. The van der Waals surface area contributed by atoms with Gasteiger partial charge in [0.25, 0.3) is 5.91 Å². The highest BCUT2D eigenvalue weighted by Crippen LogP contribution is 2.08. The molecule has 1 amide bonds. The van der Waals surface area contributed by atoms with Crippen LogP contribution in [-0.4, -0.2) is 36.4 Å². The summed E-state index contributed by atoms with van der Waals surface area (Å²) in [6.45, 7) is 2.82. The number of carbonyl (C=O) groups excluding carboxylic acids is 1. The smallest absolute Gasteiger partial charge is 0.253 e. The van der Waals surface area contributed by atoms with Gasteiger partial charge in [-0.2, -0.15) is 0 Å². The fraction of sp³-hybridized carbons (Fsp3) is 0.455. The van der Waals surface area contributed by atoms with Gasteiger partial charge < -0.3 is 10.2 Å². The molecule has 0 spiro atoms. The second-order valence-electron chi connectivity index (χ2n) is 3.41. The minimum atomic E-state index is 0.0377. The maximum absolute atomic E-state index is 11.9. The van der Waals surface area contributed by atoms with Gasteiger partial charge in [0.1, 0.15) is 5.82 Å². The summed E-state index contributed by atoms with van der Waals surface area (Å²) in [5.74, 6) is 0.751. The molecule has 0 unspecified atom stereocenters. The van der Waals surface area contributed by atoms with E-state index in [0.717, 1.165) is 13.0 Å². The lowest BCUT2D eigenvalue weighted by Crippen LogP contribution is -2.27. The molecular formula is C11H17N3O. The molecule has 4 heteroatoms. The lowest BCUT2D eigenvalue weighted by atomic mass is 10.2. The quantitative estimate of drug-likeness (QED) is 0.815. The SMILES string of the molecule is CCCN(C)C(=O)c1ccnc(NC)c1. The van der Waals surface area contributed by atoms with Crippen molar-refractivity contribution in [2.45, 2.75) is 13.3 Å². The van der Waals surface area contributed by atoms with E-state index in [4.69, 9.17) is 0 Å². The maximum Gasteiger partial charge on any atom is 0.253 e. The zero-order chi connectivity index (χ0) is 11.3. The molecule has 0 fully saturated rings. The zero-order valence-electron chi connectivity index (χ0n) is 9.45. The Bertz CT molecular complexity index is 338. The van der Waals surface area contributed by atoms with E-state index in [2.05, 4.69) is 17.2 Å². The van der Waals surface area contributed by atoms with Gasteiger partial charge in [-0.3, -0.25) is 4.79 Å². The third-order valence-corrected chi connectivity index (χ3v) is 2.17. The van der Waals surface area contributed by atoms with Crippen molar-refractivity contribution < 1.29 is 4.79 Å². The van der Waals surface area contributed by atoms with Crippen molar-refractivity contribution in [2.24, 2.45) is 0 Å². The maximum atomic E-state index is 11.9. The predicted octanol–water partition coefficient (Wildman–Crippen LogP) is 1.61. The number of hydrogen-bond donors (Lipinski definition) is 1. The summed E-state index contributed by atoms with van der Waals surface area (Å²) in [4.78, 5) is 17.7. The highest BCUT2D eigenvalue weighted by Gasteiger charge is 2.10. The fourth-order valence-corrected chi connectivity index (χ4v) is 1.36. The molecule has 1 N–H and O–H groups in total. The van der Waals surface area contributed by atoms with Crippen molar-refractivity contribution in [3.05, 3.63) is 23.9 Å². The number of amides is 1. The molecule has 0 saturated carbocycles. The molecule has 1 rings (SSSR count). The Labute approximate surface area is 90.3 Å². The summed E-state index contributed by atoms with van der Waals surface area (Å²) < 4.78 is 0. The first-order chi connectivity index (χ1) is 7.19. The first-order valence-corrected chi connectivity index (χ1v) is 5.08. The molecule has 0 aromatic carbocycles. The first-order valence-electron chi connectivity index (χ1n) is 5.08. The first kappa shape index (κ1) is 11.5. The Morgan fingerprint density at radius 3 is 2.93 bits per heavy atom. The van der Waals surface area contributed by atoms with Crippen LogP contribution in [-0.2, 0) is 0 Å². The van der Waals surface area contributed by atoms with Crippen molar-refractivity contribution in [2.75, 3.05) is 26.0 Å². The molecule has 0 atom stereocenters. The number of pyridine rings is 1. The van der Waals surface area contributed by atoms with Crippen LogP contribution < -0.4 is 5.32 Å². The van der Waals surface area contributed by atoms with Gasteiger partial charge >= 0.3 is 0 Å². The number of hydrogen-bond acceptors (Lipinski definition) is 3. The summed E-state index contributed by atoms with van der Waals surface area (Å²) >= 11 is 0. The summed E-state index contributed by atoms with van der Waals surface area (Å²) in [5, 5.41) is 2.91. The van der Waals surface area contributed by atoms with Crippen LogP contribution in [0.4, 0.5) is 5.82 Å². The van der Waals surface area contributed by atoms with Gasteiger partial charge in [0.15, 0.2) is 0 Å².